The lowest BCUT2D eigenvalue weighted by Crippen LogP contribution is -2.49. The molecule has 5 nitrogen and oxygen atoms in total. The fraction of sp³-hybridized carbons (Fsp3) is 0.333. The van der Waals surface area contributed by atoms with Gasteiger partial charge in [-0.05, 0) is 43.2 Å². The molecule has 0 atom stereocenters. The van der Waals surface area contributed by atoms with Crippen LogP contribution in [-0.2, 0) is 11.2 Å². The van der Waals surface area contributed by atoms with E-state index in [1.807, 2.05) is 4.90 Å². The number of aryl methyl sites for hydroxylation is 2. The van der Waals surface area contributed by atoms with Crippen LogP contribution in [0.15, 0.2) is 47.0 Å². The summed E-state index contributed by atoms with van der Waals surface area (Å²) in [5.41, 5.74) is 3.92. The predicted octanol–water partition coefficient (Wildman–Crippen LogP) is 4.52. The monoisotopic (exact) mass is 425 g/mol. The van der Waals surface area contributed by atoms with Gasteiger partial charge in [0.15, 0.2) is 11.7 Å². The Labute approximate surface area is 180 Å². The topological polar surface area (TPSA) is 49.6 Å². The molecule has 0 spiro atoms. The summed E-state index contributed by atoms with van der Waals surface area (Å²) in [5, 5.41) is 0. The standard InChI is InChI=1S/C24H25F2N3O2/c1-16-4-3-5-21(17(16)2)28-10-12-29(13-11-28)24(30)9-8-23-27-15-22(31-23)19-7-6-18(25)14-20(19)26/h3-7,14-15H,8-13H2,1-2H3. The number of carbonyl (C=O) groups is 1. The highest BCUT2D eigenvalue weighted by Crippen LogP contribution is 2.26. The maximum atomic E-state index is 13.9. The molecule has 2 aromatic carbocycles. The fourth-order valence-electron chi connectivity index (χ4n) is 3.89. The summed E-state index contributed by atoms with van der Waals surface area (Å²) in [6.07, 6.45) is 2.01. The zero-order valence-electron chi connectivity index (χ0n) is 17.7. The van der Waals surface area contributed by atoms with Crippen molar-refractivity contribution in [3.63, 3.8) is 0 Å². The Balaban J connectivity index is 1.31. The second-order valence-electron chi connectivity index (χ2n) is 7.83. The van der Waals surface area contributed by atoms with E-state index >= 15 is 0 Å². The van der Waals surface area contributed by atoms with Crippen molar-refractivity contribution in [1.29, 1.82) is 0 Å². The first-order chi connectivity index (χ1) is 14.9. The molecule has 0 radical (unpaired) electrons. The number of hydrogen-bond donors (Lipinski definition) is 0. The van der Waals surface area contributed by atoms with Gasteiger partial charge in [-0.2, -0.15) is 0 Å². The third kappa shape index (κ3) is 4.60. The molecule has 31 heavy (non-hydrogen) atoms. The molecule has 1 amide bonds. The third-order valence-corrected chi connectivity index (χ3v) is 5.85. The fourth-order valence-corrected chi connectivity index (χ4v) is 3.89. The van der Waals surface area contributed by atoms with Crippen molar-refractivity contribution < 1.29 is 18.0 Å². The second kappa shape index (κ2) is 8.88. The number of amides is 1. The van der Waals surface area contributed by atoms with Gasteiger partial charge in [-0.1, -0.05) is 12.1 Å². The molecular formula is C24H25F2N3O2. The molecule has 0 N–H and O–H groups in total. The molecule has 0 saturated carbocycles. The van der Waals surface area contributed by atoms with E-state index in [1.165, 1.54) is 35.1 Å². The molecule has 1 fully saturated rings. The summed E-state index contributed by atoms with van der Waals surface area (Å²) in [4.78, 5) is 21.0. The number of oxazole rings is 1. The molecule has 0 bridgehead atoms. The molecule has 3 aromatic rings. The van der Waals surface area contributed by atoms with Gasteiger partial charge in [0.05, 0.1) is 11.8 Å². The van der Waals surface area contributed by atoms with Crippen molar-refractivity contribution in [2.24, 2.45) is 0 Å². The van der Waals surface area contributed by atoms with Crippen LogP contribution in [0.5, 0.6) is 0 Å². The highest BCUT2D eigenvalue weighted by atomic mass is 19.1. The number of piperazine rings is 1. The van der Waals surface area contributed by atoms with Crippen LogP contribution >= 0.6 is 0 Å². The van der Waals surface area contributed by atoms with Gasteiger partial charge in [0.25, 0.3) is 0 Å². The van der Waals surface area contributed by atoms with E-state index in [2.05, 4.69) is 41.9 Å². The number of halogens is 2. The summed E-state index contributed by atoms with van der Waals surface area (Å²) >= 11 is 0. The van der Waals surface area contributed by atoms with Crippen molar-refractivity contribution in [2.45, 2.75) is 26.7 Å². The van der Waals surface area contributed by atoms with E-state index in [9.17, 15) is 13.6 Å². The minimum atomic E-state index is -0.708. The maximum Gasteiger partial charge on any atom is 0.223 e. The van der Waals surface area contributed by atoms with Crippen molar-refractivity contribution in [3.05, 3.63) is 71.2 Å². The van der Waals surface area contributed by atoms with Crippen molar-refractivity contribution in [1.82, 2.24) is 9.88 Å². The lowest BCUT2D eigenvalue weighted by molar-refractivity contribution is -0.131. The Morgan fingerprint density at radius 2 is 1.87 bits per heavy atom. The van der Waals surface area contributed by atoms with E-state index < -0.39 is 11.6 Å². The largest absolute Gasteiger partial charge is 0.441 e. The van der Waals surface area contributed by atoms with Crippen molar-refractivity contribution in [2.75, 3.05) is 31.1 Å². The normalized spacial score (nSPS) is 14.2. The highest BCUT2D eigenvalue weighted by molar-refractivity contribution is 5.76. The van der Waals surface area contributed by atoms with E-state index in [0.717, 1.165) is 19.2 Å². The molecule has 4 rings (SSSR count). The van der Waals surface area contributed by atoms with E-state index in [-0.39, 0.29) is 23.7 Å². The Hall–Kier alpha value is -3.22. The molecule has 7 heteroatoms. The number of nitrogens with zero attached hydrogens (tertiary/aromatic N) is 3. The van der Waals surface area contributed by atoms with Gasteiger partial charge in [-0.25, -0.2) is 13.8 Å². The minimum Gasteiger partial charge on any atom is -0.441 e. The van der Waals surface area contributed by atoms with Crippen molar-refractivity contribution in [3.8, 4) is 11.3 Å². The van der Waals surface area contributed by atoms with E-state index in [4.69, 9.17) is 4.42 Å². The second-order valence-corrected chi connectivity index (χ2v) is 7.83. The molecule has 1 saturated heterocycles. The average Bonchev–Trinajstić information content (AvgIpc) is 3.23. The highest BCUT2D eigenvalue weighted by Gasteiger charge is 2.22. The first-order valence-electron chi connectivity index (χ1n) is 10.4. The van der Waals surface area contributed by atoms with Gasteiger partial charge >= 0.3 is 0 Å². The molecule has 0 aliphatic carbocycles. The van der Waals surface area contributed by atoms with Crippen LogP contribution in [0, 0.1) is 25.5 Å². The van der Waals surface area contributed by atoms with Crippen LogP contribution in [0.2, 0.25) is 0 Å². The molecule has 1 aliphatic rings. The minimum absolute atomic E-state index is 0.0494. The molecule has 0 unspecified atom stereocenters. The van der Waals surface area contributed by atoms with Gasteiger partial charge in [-0.15, -0.1) is 0 Å². The summed E-state index contributed by atoms with van der Waals surface area (Å²) in [6.45, 7) is 7.17. The van der Waals surface area contributed by atoms with Crippen LogP contribution in [-0.4, -0.2) is 42.0 Å². The maximum absolute atomic E-state index is 13.9. The first-order valence-corrected chi connectivity index (χ1v) is 10.4. The molecular weight excluding hydrogens is 400 g/mol. The van der Waals surface area contributed by atoms with Crippen LogP contribution in [0.25, 0.3) is 11.3 Å². The van der Waals surface area contributed by atoms with Gasteiger partial charge in [0.1, 0.15) is 11.6 Å². The first kappa shape index (κ1) is 21.0. The Morgan fingerprint density at radius 1 is 1.10 bits per heavy atom. The third-order valence-electron chi connectivity index (χ3n) is 5.85. The van der Waals surface area contributed by atoms with Gasteiger partial charge in [0, 0.05) is 50.8 Å². The summed E-state index contributed by atoms with van der Waals surface area (Å²) < 4.78 is 32.6. The Morgan fingerprint density at radius 3 is 2.61 bits per heavy atom. The quantitative estimate of drug-likeness (QED) is 0.603. The van der Waals surface area contributed by atoms with Crippen LogP contribution < -0.4 is 4.90 Å². The van der Waals surface area contributed by atoms with E-state index in [1.54, 1.807) is 0 Å². The van der Waals surface area contributed by atoms with Gasteiger partial charge in [-0.3, -0.25) is 4.79 Å². The molecule has 1 aliphatic heterocycles. The van der Waals surface area contributed by atoms with Crippen LogP contribution in [0.4, 0.5) is 14.5 Å². The van der Waals surface area contributed by atoms with Crippen molar-refractivity contribution >= 4 is 11.6 Å². The zero-order chi connectivity index (χ0) is 22.0. The molecule has 162 valence electrons. The molecule has 2 heterocycles. The lowest BCUT2D eigenvalue weighted by Gasteiger charge is -2.37. The number of hydrogen-bond acceptors (Lipinski definition) is 4. The number of carbonyl (C=O) groups excluding carboxylic acids is 1. The Kier molecular flexibility index (Phi) is 6.02. The number of anilines is 1. The SMILES string of the molecule is Cc1cccc(N2CCN(C(=O)CCc3ncc(-c4ccc(F)cc4F)o3)CC2)c1C. The van der Waals surface area contributed by atoms with Crippen LogP contribution in [0.3, 0.4) is 0 Å². The average molecular weight is 425 g/mol. The summed E-state index contributed by atoms with van der Waals surface area (Å²) in [6, 6.07) is 9.59. The summed E-state index contributed by atoms with van der Waals surface area (Å²) in [5.74, 6) is -0.721. The van der Waals surface area contributed by atoms with Gasteiger partial charge in [0.2, 0.25) is 5.91 Å². The summed E-state index contributed by atoms with van der Waals surface area (Å²) in [7, 11) is 0. The number of benzene rings is 2. The smallest absolute Gasteiger partial charge is 0.223 e. The number of aromatic nitrogens is 1. The lowest BCUT2D eigenvalue weighted by atomic mass is 10.1. The van der Waals surface area contributed by atoms with E-state index in [0.29, 0.717) is 25.4 Å². The molecule has 1 aromatic heterocycles. The zero-order valence-corrected chi connectivity index (χ0v) is 17.7. The van der Waals surface area contributed by atoms with Crippen LogP contribution in [0.1, 0.15) is 23.4 Å². The van der Waals surface area contributed by atoms with Gasteiger partial charge < -0.3 is 14.2 Å². The Bertz CT molecular complexity index is 1090. The number of rotatable bonds is 5. The predicted molar refractivity (Wildman–Crippen MR) is 115 cm³/mol.